The molecule has 0 bridgehead atoms. The summed E-state index contributed by atoms with van der Waals surface area (Å²) in [6.07, 6.45) is 1.76. The van der Waals surface area contributed by atoms with Gasteiger partial charge >= 0.3 is 0 Å². The zero-order valence-corrected chi connectivity index (χ0v) is 14.0. The normalized spacial score (nSPS) is 11.1. The zero-order valence-electron chi connectivity index (χ0n) is 14.0. The number of nitrogens with zero attached hydrogens (tertiary/aromatic N) is 1. The van der Waals surface area contributed by atoms with Gasteiger partial charge in [-0.25, -0.2) is 0 Å². The van der Waals surface area contributed by atoms with Crippen LogP contribution < -0.4 is 10.5 Å². The molecule has 0 atom stereocenters. The molecule has 3 heteroatoms. The summed E-state index contributed by atoms with van der Waals surface area (Å²) in [5.74, 6) is 0.823. The highest BCUT2D eigenvalue weighted by Gasteiger charge is 2.15. The van der Waals surface area contributed by atoms with Crippen molar-refractivity contribution in [1.29, 1.82) is 0 Å². The number of aromatic nitrogens is 1. The molecule has 0 saturated heterocycles. The second-order valence-corrected chi connectivity index (χ2v) is 5.98. The molecular weight excluding hydrogens is 308 g/mol. The number of rotatable bonds is 5. The molecule has 1 aromatic heterocycles. The summed E-state index contributed by atoms with van der Waals surface area (Å²) in [6.45, 7) is 4.71. The van der Waals surface area contributed by atoms with Crippen LogP contribution in [0.15, 0.2) is 79.4 Å². The molecule has 0 aliphatic heterocycles. The lowest BCUT2D eigenvalue weighted by Crippen LogP contribution is -2.04. The Morgan fingerprint density at radius 1 is 0.920 bits per heavy atom. The highest BCUT2D eigenvalue weighted by molar-refractivity contribution is 6.09. The van der Waals surface area contributed by atoms with Crippen LogP contribution in [0, 0.1) is 0 Å². The minimum absolute atomic E-state index is 0.464. The zero-order chi connectivity index (χ0) is 17.2. The summed E-state index contributed by atoms with van der Waals surface area (Å²) in [5, 5.41) is 2.46. The first kappa shape index (κ1) is 15.5. The summed E-state index contributed by atoms with van der Waals surface area (Å²) in [7, 11) is 0. The first-order valence-corrected chi connectivity index (χ1v) is 8.38. The molecule has 0 unspecified atom stereocenters. The summed E-state index contributed by atoms with van der Waals surface area (Å²) in [5.41, 5.74) is 10.3. The van der Waals surface area contributed by atoms with E-state index in [1.807, 2.05) is 12.1 Å². The van der Waals surface area contributed by atoms with E-state index in [0.29, 0.717) is 13.2 Å². The van der Waals surface area contributed by atoms with Crippen LogP contribution in [-0.2, 0) is 6.54 Å². The van der Waals surface area contributed by atoms with Gasteiger partial charge in [0, 0.05) is 17.3 Å². The number of para-hydroxylation sites is 2. The van der Waals surface area contributed by atoms with Crippen molar-refractivity contribution in [3.63, 3.8) is 0 Å². The van der Waals surface area contributed by atoms with Gasteiger partial charge in [0.15, 0.2) is 0 Å². The molecule has 25 heavy (non-hydrogen) atoms. The fraction of sp³-hybridized carbons (Fsp3) is 0.0909. The van der Waals surface area contributed by atoms with Crippen LogP contribution in [0.4, 0.5) is 0 Å². The summed E-state index contributed by atoms with van der Waals surface area (Å²) in [4.78, 5) is 0. The maximum absolute atomic E-state index is 5.93. The molecule has 124 valence electrons. The van der Waals surface area contributed by atoms with E-state index >= 15 is 0 Å². The lowest BCUT2D eigenvalue weighted by Gasteiger charge is -2.15. The van der Waals surface area contributed by atoms with Crippen LogP contribution >= 0.6 is 0 Å². The van der Waals surface area contributed by atoms with Crippen molar-refractivity contribution >= 4 is 21.8 Å². The first-order chi connectivity index (χ1) is 12.3. The first-order valence-electron chi connectivity index (χ1n) is 8.38. The largest absolute Gasteiger partial charge is 0.487 e. The fourth-order valence-electron chi connectivity index (χ4n) is 3.32. The highest BCUT2D eigenvalue weighted by Crippen LogP contribution is 2.35. The molecule has 1 heterocycles. The second-order valence-electron chi connectivity index (χ2n) is 5.98. The molecular formula is C22H20N2O. The Balaban J connectivity index is 2.07. The Bertz CT molecular complexity index is 1010. The van der Waals surface area contributed by atoms with Gasteiger partial charge in [-0.15, -0.1) is 0 Å². The maximum Gasteiger partial charge on any atom is 0.143 e. The van der Waals surface area contributed by atoms with E-state index in [0.717, 1.165) is 28.0 Å². The molecule has 0 amide bonds. The van der Waals surface area contributed by atoms with Crippen LogP contribution in [0.25, 0.3) is 27.5 Å². The van der Waals surface area contributed by atoms with Gasteiger partial charge in [-0.3, -0.25) is 0 Å². The van der Waals surface area contributed by atoms with Gasteiger partial charge in [-0.05, 0) is 29.8 Å². The van der Waals surface area contributed by atoms with Gasteiger partial charge in [0.1, 0.15) is 12.4 Å². The third-order valence-corrected chi connectivity index (χ3v) is 4.44. The van der Waals surface area contributed by atoms with Gasteiger partial charge in [0.05, 0.1) is 16.7 Å². The molecule has 2 N–H and O–H groups in total. The van der Waals surface area contributed by atoms with Crippen molar-refractivity contribution in [2.45, 2.75) is 6.54 Å². The smallest absolute Gasteiger partial charge is 0.143 e. The Labute approximate surface area is 146 Å². The van der Waals surface area contributed by atoms with Crippen molar-refractivity contribution < 1.29 is 4.74 Å². The van der Waals surface area contributed by atoms with Crippen LogP contribution in [0.5, 0.6) is 5.75 Å². The monoisotopic (exact) mass is 328 g/mol. The topological polar surface area (TPSA) is 40.2 Å². The van der Waals surface area contributed by atoms with Crippen molar-refractivity contribution in [1.82, 2.24) is 4.57 Å². The minimum Gasteiger partial charge on any atom is -0.487 e. The Morgan fingerprint density at radius 3 is 2.16 bits per heavy atom. The molecule has 0 spiro atoms. The third kappa shape index (κ3) is 2.59. The van der Waals surface area contributed by atoms with Crippen LogP contribution in [0.1, 0.15) is 5.56 Å². The predicted octanol–water partition coefficient (Wildman–Crippen LogP) is 4.81. The van der Waals surface area contributed by atoms with Gasteiger partial charge in [0.2, 0.25) is 0 Å². The van der Waals surface area contributed by atoms with E-state index in [2.05, 4.69) is 65.7 Å². The second kappa shape index (κ2) is 6.46. The molecule has 4 rings (SSSR count). The highest BCUT2D eigenvalue weighted by atomic mass is 16.5. The van der Waals surface area contributed by atoms with E-state index in [4.69, 9.17) is 10.5 Å². The average Bonchev–Trinajstić information content (AvgIpc) is 3.01. The van der Waals surface area contributed by atoms with E-state index in [1.54, 1.807) is 6.08 Å². The standard InChI is InChI=1S/C22H20N2O/c1-2-13-25-22-12-11-16(15-23)14-21(22)24-19-9-5-3-7-17(19)18-8-4-6-10-20(18)24/h2-12,14H,1,13,15,23H2. The molecule has 3 aromatic carbocycles. The molecule has 3 nitrogen and oxygen atoms in total. The van der Waals surface area contributed by atoms with Gasteiger partial charge in [-0.2, -0.15) is 0 Å². The minimum atomic E-state index is 0.464. The maximum atomic E-state index is 5.93. The number of nitrogens with two attached hydrogens (primary N) is 1. The van der Waals surface area contributed by atoms with Crippen LogP contribution in [-0.4, -0.2) is 11.2 Å². The molecule has 0 aliphatic rings. The van der Waals surface area contributed by atoms with E-state index < -0.39 is 0 Å². The van der Waals surface area contributed by atoms with Crippen molar-refractivity contribution in [3.05, 3.63) is 84.9 Å². The predicted molar refractivity (Wildman–Crippen MR) is 104 cm³/mol. The molecule has 0 fully saturated rings. The third-order valence-electron chi connectivity index (χ3n) is 4.44. The lowest BCUT2D eigenvalue weighted by molar-refractivity contribution is 0.362. The number of ether oxygens (including phenoxy) is 1. The van der Waals surface area contributed by atoms with Gasteiger partial charge in [0.25, 0.3) is 0 Å². The van der Waals surface area contributed by atoms with E-state index in [9.17, 15) is 0 Å². The number of hydrogen-bond acceptors (Lipinski definition) is 2. The Kier molecular flexibility index (Phi) is 4.00. The Morgan fingerprint density at radius 2 is 1.56 bits per heavy atom. The van der Waals surface area contributed by atoms with Crippen molar-refractivity contribution in [2.24, 2.45) is 5.73 Å². The quantitative estimate of drug-likeness (QED) is 0.534. The van der Waals surface area contributed by atoms with E-state index in [1.165, 1.54) is 10.8 Å². The van der Waals surface area contributed by atoms with Gasteiger partial charge < -0.3 is 15.0 Å². The van der Waals surface area contributed by atoms with Crippen molar-refractivity contribution in [3.8, 4) is 11.4 Å². The fourth-order valence-corrected chi connectivity index (χ4v) is 3.32. The summed E-state index contributed by atoms with van der Waals surface area (Å²) in [6, 6.07) is 23.0. The van der Waals surface area contributed by atoms with Crippen LogP contribution in [0.2, 0.25) is 0 Å². The molecule has 4 aromatic rings. The van der Waals surface area contributed by atoms with Gasteiger partial charge in [-0.1, -0.05) is 55.1 Å². The van der Waals surface area contributed by atoms with E-state index in [-0.39, 0.29) is 0 Å². The summed E-state index contributed by atoms with van der Waals surface area (Å²) >= 11 is 0. The Hall–Kier alpha value is -3.04. The number of benzene rings is 3. The average molecular weight is 328 g/mol. The lowest BCUT2D eigenvalue weighted by atomic mass is 10.1. The number of hydrogen-bond donors (Lipinski definition) is 1. The summed E-state index contributed by atoms with van der Waals surface area (Å²) < 4.78 is 8.18. The van der Waals surface area contributed by atoms with Crippen molar-refractivity contribution in [2.75, 3.05) is 6.61 Å². The van der Waals surface area contributed by atoms with Crippen LogP contribution in [0.3, 0.4) is 0 Å². The molecule has 0 aliphatic carbocycles. The SMILES string of the molecule is C=CCOc1ccc(CN)cc1-n1c2ccccc2c2ccccc21. The number of fused-ring (bicyclic) bond motifs is 3. The molecule has 0 radical (unpaired) electrons. The molecule has 0 saturated carbocycles.